The van der Waals surface area contributed by atoms with Crippen LogP contribution >= 0.6 is 0 Å². The normalized spacial score (nSPS) is 10.6. The minimum atomic E-state index is -0.615. The van der Waals surface area contributed by atoms with Gasteiger partial charge in [0.25, 0.3) is 0 Å². The molecule has 0 aliphatic heterocycles. The number of rotatable bonds is 10. The van der Waals surface area contributed by atoms with Crippen LogP contribution in [-0.2, 0) is 20.9 Å². The molecular formula is C19H21F2NO4. The van der Waals surface area contributed by atoms with Crippen LogP contribution in [0.15, 0.2) is 42.5 Å². The molecule has 0 unspecified atom stereocenters. The first-order valence-corrected chi connectivity index (χ1v) is 8.12. The quantitative estimate of drug-likeness (QED) is 0.655. The predicted molar refractivity (Wildman–Crippen MR) is 93.1 cm³/mol. The number of halogens is 2. The van der Waals surface area contributed by atoms with Gasteiger partial charge >= 0.3 is 0 Å². The number of nitrogens with one attached hydrogen (secondary N) is 1. The third kappa shape index (κ3) is 6.78. The molecular weight excluding hydrogens is 344 g/mol. The lowest BCUT2D eigenvalue weighted by molar-refractivity contribution is -0.117. The lowest BCUT2D eigenvalue weighted by Crippen LogP contribution is -2.15. The summed E-state index contributed by atoms with van der Waals surface area (Å²) in [4.78, 5) is 11.8. The third-order valence-corrected chi connectivity index (χ3v) is 3.40. The largest absolute Gasteiger partial charge is 0.486 e. The van der Waals surface area contributed by atoms with Crippen molar-refractivity contribution in [2.75, 3.05) is 32.2 Å². The van der Waals surface area contributed by atoms with Crippen molar-refractivity contribution in [3.05, 3.63) is 59.7 Å². The Morgan fingerprint density at radius 3 is 2.65 bits per heavy atom. The Kier molecular flexibility index (Phi) is 7.98. The molecule has 140 valence electrons. The first-order chi connectivity index (χ1) is 12.6. The summed E-state index contributed by atoms with van der Waals surface area (Å²) in [6, 6.07) is 10.0. The van der Waals surface area contributed by atoms with Gasteiger partial charge in [-0.3, -0.25) is 4.79 Å². The lowest BCUT2D eigenvalue weighted by Gasteiger charge is -2.10. The van der Waals surface area contributed by atoms with E-state index in [-0.39, 0.29) is 37.1 Å². The Hall–Kier alpha value is -2.51. The van der Waals surface area contributed by atoms with E-state index >= 15 is 0 Å². The number of amides is 1. The van der Waals surface area contributed by atoms with Crippen molar-refractivity contribution in [2.45, 2.75) is 13.0 Å². The maximum Gasteiger partial charge on any atom is 0.226 e. The van der Waals surface area contributed by atoms with Gasteiger partial charge in [0.2, 0.25) is 5.91 Å². The van der Waals surface area contributed by atoms with E-state index in [1.807, 2.05) is 0 Å². The highest BCUT2D eigenvalue weighted by molar-refractivity contribution is 5.90. The summed E-state index contributed by atoms with van der Waals surface area (Å²) in [6.45, 7) is 1.17. The zero-order chi connectivity index (χ0) is 18.8. The minimum Gasteiger partial charge on any atom is -0.486 e. The molecule has 0 saturated heterocycles. The molecule has 0 saturated carbocycles. The smallest absolute Gasteiger partial charge is 0.226 e. The average Bonchev–Trinajstić information content (AvgIpc) is 2.61. The summed E-state index contributed by atoms with van der Waals surface area (Å²) in [7, 11) is 1.57. The Morgan fingerprint density at radius 1 is 1.08 bits per heavy atom. The molecule has 1 amide bonds. The molecule has 0 aliphatic carbocycles. The second-order valence-corrected chi connectivity index (χ2v) is 5.47. The second kappa shape index (κ2) is 10.5. The highest BCUT2D eigenvalue weighted by Crippen LogP contribution is 2.22. The van der Waals surface area contributed by atoms with E-state index in [9.17, 15) is 13.6 Å². The van der Waals surface area contributed by atoms with E-state index in [2.05, 4.69) is 5.32 Å². The molecule has 0 atom stereocenters. The highest BCUT2D eigenvalue weighted by atomic mass is 19.1. The van der Waals surface area contributed by atoms with Crippen molar-refractivity contribution >= 4 is 11.6 Å². The maximum absolute atomic E-state index is 14.1. The molecule has 0 aliphatic rings. The Labute approximate surface area is 150 Å². The van der Waals surface area contributed by atoms with Gasteiger partial charge in [-0.1, -0.05) is 12.1 Å². The Balaban J connectivity index is 1.81. The number of anilines is 1. The molecule has 0 radical (unpaired) electrons. The van der Waals surface area contributed by atoms with Crippen LogP contribution in [0.4, 0.5) is 14.5 Å². The fraction of sp³-hybridized carbons (Fsp3) is 0.316. The van der Waals surface area contributed by atoms with E-state index < -0.39 is 5.82 Å². The molecule has 7 heteroatoms. The highest BCUT2D eigenvalue weighted by Gasteiger charge is 2.08. The van der Waals surface area contributed by atoms with Gasteiger partial charge in [0.1, 0.15) is 12.4 Å². The van der Waals surface area contributed by atoms with Crippen molar-refractivity contribution < 1.29 is 27.8 Å². The van der Waals surface area contributed by atoms with Crippen LogP contribution in [0.5, 0.6) is 5.75 Å². The molecule has 1 N–H and O–H groups in total. The number of benzene rings is 2. The molecule has 2 rings (SSSR count). The number of carbonyl (C=O) groups excluding carboxylic acids is 1. The predicted octanol–water partition coefficient (Wildman–Crippen LogP) is 3.54. The number of carbonyl (C=O) groups is 1. The lowest BCUT2D eigenvalue weighted by atomic mass is 10.2. The first kappa shape index (κ1) is 19.8. The minimum absolute atomic E-state index is 0.0233. The molecule has 0 aromatic heterocycles. The SMILES string of the molecule is COCCOCCC(=O)Nc1ccc(OCc2cccc(F)c2)c(F)c1. The summed E-state index contributed by atoms with van der Waals surface area (Å²) >= 11 is 0. The standard InChI is InChI=1S/C19H21F2NO4/c1-24-9-10-25-8-7-19(23)22-16-5-6-18(17(21)12-16)26-13-14-3-2-4-15(20)11-14/h2-6,11-12H,7-10,13H2,1H3,(H,22,23). The van der Waals surface area contributed by atoms with Gasteiger partial charge < -0.3 is 19.5 Å². The Bertz CT molecular complexity index is 724. The fourth-order valence-corrected chi connectivity index (χ4v) is 2.12. The molecule has 2 aromatic rings. The molecule has 0 spiro atoms. The summed E-state index contributed by atoms with van der Waals surface area (Å²) in [5.74, 6) is -1.25. The van der Waals surface area contributed by atoms with E-state index in [0.29, 0.717) is 24.5 Å². The van der Waals surface area contributed by atoms with E-state index in [4.69, 9.17) is 14.2 Å². The third-order valence-electron chi connectivity index (χ3n) is 3.40. The monoisotopic (exact) mass is 365 g/mol. The van der Waals surface area contributed by atoms with Crippen LogP contribution in [-0.4, -0.2) is 32.8 Å². The topological polar surface area (TPSA) is 56.8 Å². The molecule has 26 heavy (non-hydrogen) atoms. The van der Waals surface area contributed by atoms with Crippen molar-refractivity contribution in [2.24, 2.45) is 0 Å². The van der Waals surface area contributed by atoms with E-state index in [1.165, 1.54) is 30.3 Å². The van der Waals surface area contributed by atoms with Crippen LogP contribution in [0.1, 0.15) is 12.0 Å². The number of hydrogen-bond donors (Lipinski definition) is 1. The summed E-state index contributed by atoms with van der Waals surface area (Å²) < 4.78 is 42.6. The van der Waals surface area contributed by atoms with Crippen molar-refractivity contribution in [1.82, 2.24) is 0 Å². The van der Waals surface area contributed by atoms with Crippen LogP contribution < -0.4 is 10.1 Å². The second-order valence-electron chi connectivity index (χ2n) is 5.47. The molecule has 0 fully saturated rings. The molecule has 2 aromatic carbocycles. The van der Waals surface area contributed by atoms with Crippen LogP contribution in [0, 0.1) is 11.6 Å². The van der Waals surface area contributed by atoms with Crippen LogP contribution in [0.2, 0.25) is 0 Å². The van der Waals surface area contributed by atoms with Gasteiger partial charge in [0.15, 0.2) is 11.6 Å². The summed E-state index contributed by atoms with van der Waals surface area (Å²) in [5, 5.41) is 2.59. The van der Waals surface area contributed by atoms with Crippen LogP contribution in [0.3, 0.4) is 0 Å². The van der Waals surface area contributed by atoms with Gasteiger partial charge in [0.05, 0.1) is 26.2 Å². The molecule has 5 nitrogen and oxygen atoms in total. The summed E-state index contributed by atoms with van der Waals surface area (Å²) in [6.07, 6.45) is 0.156. The average molecular weight is 365 g/mol. The maximum atomic E-state index is 14.1. The van der Waals surface area contributed by atoms with E-state index in [0.717, 1.165) is 0 Å². The van der Waals surface area contributed by atoms with Gasteiger partial charge in [-0.25, -0.2) is 8.78 Å². The van der Waals surface area contributed by atoms with Gasteiger partial charge in [-0.05, 0) is 29.8 Å². The summed E-state index contributed by atoms with van der Waals surface area (Å²) in [5.41, 5.74) is 0.915. The van der Waals surface area contributed by atoms with E-state index in [1.54, 1.807) is 19.2 Å². The first-order valence-electron chi connectivity index (χ1n) is 8.12. The van der Waals surface area contributed by atoms with Gasteiger partial charge in [-0.2, -0.15) is 0 Å². The molecule has 0 heterocycles. The fourth-order valence-electron chi connectivity index (χ4n) is 2.12. The number of ether oxygens (including phenoxy) is 3. The Morgan fingerprint density at radius 2 is 1.92 bits per heavy atom. The van der Waals surface area contributed by atoms with Crippen molar-refractivity contribution in [3.8, 4) is 5.75 Å². The molecule has 0 bridgehead atoms. The zero-order valence-electron chi connectivity index (χ0n) is 14.5. The number of hydrogen-bond acceptors (Lipinski definition) is 4. The van der Waals surface area contributed by atoms with Gasteiger partial charge in [-0.15, -0.1) is 0 Å². The van der Waals surface area contributed by atoms with Gasteiger partial charge in [0, 0.05) is 18.9 Å². The van der Waals surface area contributed by atoms with Crippen LogP contribution in [0.25, 0.3) is 0 Å². The zero-order valence-corrected chi connectivity index (χ0v) is 14.5. The van der Waals surface area contributed by atoms with Crippen molar-refractivity contribution in [1.29, 1.82) is 0 Å². The number of methoxy groups -OCH3 is 1. The van der Waals surface area contributed by atoms with Crippen molar-refractivity contribution in [3.63, 3.8) is 0 Å².